The van der Waals surface area contributed by atoms with E-state index < -0.39 is 0 Å². The maximum Gasteiger partial charge on any atom is 0.306 e. The lowest BCUT2D eigenvalue weighted by atomic mass is 10.1. The predicted molar refractivity (Wildman–Crippen MR) is 67.7 cm³/mol. The van der Waals surface area contributed by atoms with Gasteiger partial charge in [-0.3, -0.25) is 4.79 Å². The summed E-state index contributed by atoms with van der Waals surface area (Å²) in [6.07, 6.45) is 2.48. The van der Waals surface area contributed by atoms with Gasteiger partial charge in [0.25, 0.3) is 0 Å². The van der Waals surface area contributed by atoms with Crippen LogP contribution in [0, 0.1) is 18.8 Å². The first-order valence-electron chi connectivity index (χ1n) is 6.36. The van der Waals surface area contributed by atoms with Crippen LogP contribution in [0.25, 0.3) is 0 Å². The molecule has 0 saturated heterocycles. The Morgan fingerprint density at radius 2 is 2.00 bits per heavy atom. The summed E-state index contributed by atoms with van der Waals surface area (Å²) in [5, 5.41) is 0. The van der Waals surface area contributed by atoms with Gasteiger partial charge in [0.1, 0.15) is 0 Å². The summed E-state index contributed by atoms with van der Waals surface area (Å²) in [6, 6.07) is 8.30. The highest BCUT2D eigenvalue weighted by Gasteiger charge is 2.33. The molecule has 2 unspecified atom stereocenters. The molecule has 2 rings (SSSR count). The summed E-state index contributed by atoms with van der Waals surface area (Å²) in [6.45, 7) is 4.88. The smallest absolute Gasteiger partial charge is 0.306 e. The number of carbonyl (C=O) groups excluding carboxylic acids is 1. The standard InChI is InChI=1S/C15H20O2/c1-11-3-5-13(6-4-11)7-8-15(16)17-10-14-9-12(14)2/h3-6,12,14H,7-10H2,1-2H3. The zero-order valence-electron chi connectivity index (χ0n) is 10.6. The van der Waals surface area contributed by atoms with Crippen molar-refractivity contribution in [2.45, 2.75) is 33.1 Å². The van der Waals surface area contributed by atoms with E-state index in [0.717, 1.165) is 12.3 Å². The Hall–Kier alpha value is -1.31. The molecule has 0 heterocycles. The number of rotatable bonds is 5. The molecule has 92 valence electrons. The van der Waals surface area contributed by atoms with Crippen molar-refractivity contribution in [2.75, 3.05) is 6.61 Å². The highest BCUT2D eigenvalue weighted by Crippen LogP contribution is 2.37. The molecule has 2 atom stereocenters. The molecule has 2 heteroatoms. The van der Waals surface area contributed by atoms with Crippen LogP contribution in [0.4, 0.5) is 0 Å². The summed E-state index contributed by atoms with van der Waals surface area (Å²) in [4.78, 5) is 11.5. The molecule has 0 aliphatic heterocycles. The summed E-state index contributed by atoms with van der Waals surface area (Å²) in [7, 11) is 0. The highest BCUT2D eigenvalue weighted by atomic mass is 16.5. The van der Waals surface area contributed by atoms with Gasteiger partial charge in [0.05, 0.1) is 6.61 Å². The van der Waals surface area contributed by atoms with Crippen molar-refractivity contribution in [3.8, 4) is 0 Å². The minimum absolute atomic E-state index is 0.0651. The van der Waals surface area contributed by atoms with E-state index in [9.17, 15) is 4.79 Å². The second-order valence-corrected chi connectivity index (χ2v) is 5.14. The van der Waals surface area contributed by atoms with Gasteiger partial charge in [0.15, 0.2) is 0 Å². The van der Waals surface area contributed by atoms with Gasteiger partial charge in [-0.25, -0.2) is 0 Å². The van der Waals surface area contributed by atoms with Crippen LogP contribution in [0.3, 0.4) is 0 Å². The van der Waals surface area contributed by atoms with E-state index in [4.69, 9.17) is 4.74 Å². The molecule has 0 amide bonds. The van der Waals surface area contributed by atoms with E-state index in [2.05, 4.69) is 38.1 Å². The Balaban J connectivity index is 1.67. The summed E-state index contributed by atoms with van der Waals surface area (Å²) in [5.41, 5.74) is 2.45. The number of hydrogen-bond acceptors (Lipinski definition) is 2. The molecule has 0 radical (unpaired) electrons. The lowest BCUT2D eigenvalue weighted by Gasteiger charge is -2.04. The van der Waals surface area contributed by atoms with Gasteiger partial charge in [-0.15, -0.1) is 0 Å². The van der Waals surface area contributed by atoms with Gasteiger partial charge in [-0.2, -0.15) is 0 Å². The fourth-order valence-corrected chi connectivity index (χ4v) is 1.90. The minimum atomic E-state index is -0.0651. The number of ether oxygens (including phenoxy) is 1. The van der Waals surface area contributed by atoms with Crippen molar-refractivity contribution in [1.29, 1.82) is 0 Å². The summed E-state index contributed by atoms with van der Waals surface area (Å²) < 4.78 is 5.24. The van der Waals surface area contributed by atoms with Crippen molar-refractivity contribution >= 4 is 5.97 Å². The molecule has 1 aliphatic rings. The zero-order valence-corrected chi connectivity index (χ0v) is 10.6. The lowest BCUT2D eigenvalue weighted by Crippen LogP contribution is -2.08. The van der Waals surface area contributed by atoms with Crippen LogP contribution in [0.1, 0.15) is 30.9 Å². The third-order valence-corrected chi connectivity index (χ3v) is 3.47. The highest BCUT2D eigenvalue weighted by molar-refractivity contribution is 5.69. The second kappa shape index (κ2) is 5.35. The summed E-state index contributed by atoms with van der Waals surface area (Å²) >= 11 is 0. The van der Waals surface area contributed by atoms with Crippen molar-refractivity contribution in [2.24, 2.45) is 11.8 Å². The molecule has 1 fully saturated rings. The van der Waals surface area contributed by atoms with Crippen molar-refractivity contribution in [3.63, 3.8) is 0 Å². The fraction of sp³-hybridized carbons (Fsp3) is 0.533. The van der Waals surface area contributed by atoms with E-state index in [1.165, 1.54) is 17.5 Å². The van der Waals surface area contributed by atoms with Crippen LogP contribution < -0.4 is 0 Å². The van der Waals surface area contributed by atoms with Gasteiger partial charge < -0.3 is 4.74 Å². The third-order valence-electron chi connectivity index (χ3n) is 3.47. The molecule has 1 aromatic rings. The third kappa shape index (κ3) is 3.88. The first kappa shape index (κ1) is 12.2. The first-order valence-corrected chi connectivity index (χ1v) is 6.36. The molecule has 1 saturated carbocycles. The molecule has 0 spiro atoms. The van der Waals surface area contributed by atoms with Crippen LogP contribution in [0.2, 0.25) is 0 Å². The molecule has 17 heavy (non-hydrogen) atoms. The molecular weight excluding hydrogens is 212 g/mol. The topological polar surface area (TPSA) is 26.3 Å². The van der Waals surface area contributed by atoms with E-state index in [1.54, 1.807) is 0 Å². The van der Waals surface area contributed by atoms with Gasteiger partial charge in [-0.05, 0) is 37.2 Å². The molecule has 1 aromatic carbocycles. The average Bonchev–Trinajstić information content (AvgIpc) is 3.02. The maximum atomic E-state index is 11.5. The molecule has 1 aliphatic carbocycles. The van der Waals surface area contributed by atoms with E-state index in [-0.39, 0.29) is 5.97 Å². The number of carbonyl (C=O) groups is 1. The Bertz CT molecular complexity index is 380. The normalized spacial score (nSPS) is 22.2. The Morgan fingerprint density at radius 1 is 1.35 bits per heavy atom. The maximum absolute atomic E-state index is 11.5. The SMILES string of the molecule is Cc1ccc(CCC(=O)OCC2CC2C)cc1. The van der Waals surface area contributed by atoms with Gasteiger partial charge in [0, 0.05) is 6.42 Å². The van der Waals surface area contributed by atoms with E-state index in [0.29, 0.717) is 18.9 Å². The fourth-order valence-electron chi connectivity index (χ4n) is 1.90. The summed E-state index contributed by atoms with van der Waals surface area (Å²) in [5.74, 6) is 1.31. The molecule has 0 aromatic heterocycles. The van der Waals surface area contributed by atoms with E-state index >= 15 is 0 Å². The van der Waals surface area contributed by atoms with Gasteiger partial charge >= 0.3 is 5.97 Å². The number of aryl methyl sites for hydroxylation is 2. The Kier molecular flexibility index (Phi) is 3.82. The van der Waals surface area contributed by atoms with Crippen LogP contribution in [-0.4, -0.2) is 12.6 Å². The van der Waals surface area contributed by atoms with Gasteiger partial charge in [0.2, 0.25) is 0 Å². The molecule has 0 bridgehead atoms. The lowest BCUT2D eigenvalue weighted by molar-refractivity contribution is -0.144. The number of esters is 1. The largest absolute Gasteiger partial charge is 0.465 e. The predicted octanol–water partition coefficient (Wildman–Crippen LogP) is 3.13. The average molecular weight is 232 g/mol. The zero-order chi connectivity index (χ0) is 12.3. The van der Waals surface area contributed by atoms with Crippen LogP contribution in [-0.2, 0) is 16.0 Å². The van der Waals surface area contributed by atoms with Crippen LogP contribution >= 0.6 is 0 Å². The van der Waals surface area contributed by atoms with Crippen LogP contribution in [0.15, 0.2) is 24.3 Å². The number of benzene rings is 1. The number of hydrogen-bond donors (Lipinski definition) is 0. The molecule has 0 N–H and O–H groups in total. The quantitative estimate of drug-likeness (QED) is 0.729. The van der Waals surface area contributed by atoms with Gasteiger partial charge in [-0.1, -0.05) is 36.8 Å². The second-order valence-electron chi connectivity index (χ2n) is 5.14. The molecular formula is C15H20O2. The van der Waals surface area contributed by atoms with E-state index in [1.807, 2.05) is 0 Å². The Morgan fingerprint density at radius 3 is 2.59 bits per heavy atom. The monoisotopic (exact) mass is 232 g/mol. The van der Waals surface area contributed by atoms with Crippen molar-refractivity contribution in [1.82, 2.24) is 0 Å². The van der Waals surface area contributed by atoms with Crippen molar-refractivity contribution < 1.29 is 9.53 Å². The molecule has 2 nitrogen and oxygen atoms in total. The van der Waals surface area contributed by atoms with Crippen molar-refractivity contribution in [3.05, 3.63) is 35.4 Å². The minimum Gasteiger partial charge on any atom is -0.465 e. The first-order chi connectivity index (χ1) is 8.15. The van der Waals surface area contributed by atoms with Crippen LogP contribution in [0.5, 0.6) is 0 Å². The Labute approximate surface area is 103 Å².